The molecule has 5 heteroatoms. The van der Waals surface area contributed by atoms with Gasteiger partial charge in [-0.15, -0.1) is 0 Å². The molecule has 0 spiro atoms. The highest BCUT2D eigenvalue weighted by Crippen LogP contribution is 2.42. The van der Waals surface area contributed by atoms with Crippen LogP contribution >= 0.6 is 0 Å². The third-order valence-corrected chi connectivity index (χ3v) is 5.62. The van der Waals surface area contributed by atoms with Crippen molar-refractivity contribution in [2.24, 2.45) is 0 Å². The van der Waals surface area contributed by atoms with E-state index >= 15 is 0 Å². The van der Waals surface area contributed by atoms with E-state index < -0.39 is 0 Å². The Bertz CT molecular complexity index is 749. The Kier molecular flexibility index (Phi) is 5.62. The van der Waals surface area contributed by atoms with Gasteiger partial charge in [-0.1, -0.05) is 24.3 Å². The Hall–Kier alpha value is -2.08. The molecule has 144 valence electrons. The van der Waals surface area contributed by atoms with Crippen LogP contribution in [0, 0.1) is 0 Å². The number of hydrogen-bond acceptors (Lipinski definition) is 5. The fourth-order valence-electron chi connectivity index (χ4n) is 4.20. The van der Waals surface area contributed by atoms with Crippen LogP contribution in [-0.2, 0) is 9.47 Å². The zero-order valence-electron chi connectivity index (χ0n) is 16.1. The number of rotatable bonds is 6. The number of benzene rings is 2. The number of methoxy groups -OCH3 is 2. The molecule has 1 saturated heterocycles. The van der Waals surface area contributed by atoms with Gasteiger partial charge in [-0.3, -0.25) is 0 Å². The highest BCUT2D eigenvalue weighted by Gasteiger charge is 2.32. The van der Waals surface area contributed by atoms with Crippen molar-refractivity contribution in [3.63, 3.8) is 0 Å². The lowest BCUT2D eigenvalue weighted by Crippen LogP contribution is -2.51. The van der Waals surface area contributed by atoms with Gasteiger partial charge in [-0.25, -0.2) is 0 Å². The average molecular weight is 368 g/mol. The molecule has 2 aromatic carbocycles. The van der Waals surface area contributed by atoms with Crippen molar-refractivity contribution in [1.29, 1.82) is 0 Å². The Balaban J connectivity index is 1.44. The second-order valence-electron chi connectivity index (χ2n) is 7.15. The molecule has 27 heavy (non-hydrogen) atoms. The first-order chi connectivity index (χ1) is 13.3. The largest absolute Gasteiger partial charge is 0.497 e. The van der Waals surface area contributed by atoms with Crippen LogP contribution in [0.15, 0.2) is 48.5 Å². The molecule has 0 radical (unpaired) electrons. The molecule has 2 aliphatic heterocycles. The van der Waals surface area contributed by atoms with Crippen LogP contribution in [0.25, 0.3) is 0 Å². The van der Waals surface area contributed by atoms with Crippen LogP contribution in [0.2, 0.25) is 0 Å². The van der Waals surface area contributed by atoms with Gasteiger partial charge in [0, 0.05) is 44.0 Å². The summed E-state index contributed by atoms with van der Waals surface area (Å²) in [4.78, 5) is 2.50. The summed E-state index contributed by atoms with van der Waals surface area (Å²) in [6.45, 7) is 3.02. The topological polar surface area (TPSA) is 43.0 Å². The standard InChI is InChI=1S/C22H28N2O3/c1-25-18-10-7-16(8-11-18)24-14-13-23-15-17(24)9-12-21-19-5-3-4-6-20(19)22(26-2)27-21/h3-8,10-11,17,21-23H,9,12-15H2,1-2H3. The molecule has 3 atom stereocenters. The molecule has 1 N–H and O–H groups in total. The predicted octanol–water partition coefficient (Wildman–Crippen LogP) is 3.67. The lowest BCUT2D eigenvalue weighted by molar-refractivity contribution is -0.144. The van der Waals surface area contributed by atoms with E-state index in [1.807, 2.05) is 18.2 Å². The minimum Gasteiger partial charge on any atom is -0.497 e. The van der Waals surface area contributed by atoms with Crippen LogP contribution in [0.4, 0.5) is 5.69 Å². The van der Waals surface area contributed by atoms with Crippen molar-refractivity contribution in [1.82, 2.24) is 5.32 Å². The summed E-state index contributed by atoms with van der Waals surface area (Å²) in [5.74, 6) is 0.895. The van der Waals surface area contributed by atoms with Gasteiger partial charge < -0.3 is 24.4 Å². The first-order valence-electron chi connectivity index (χ1n) is 9.68. The van der Waals surface area contributed by atoms with Crippen molar-refractivity contribution in [2.45, 2.75) is 31.3 Å². The number of anilines is 1. The van der Waals surface area contributed by atoms with Gasteiger partial charge in [0.25, 0.3) is 0 Å². The maximum absolute atomic E-state index is 6.17. The van der Waals surface area contributed by atoms with Gasteiger partial charge >= 0.3 is 0 Å². The molecule has 0 bridgehead atoms. The molecule has 3 unspecified atom stereocenters. The Labute approximate surface area is 161 Å². The van der Waals surface area contributed by atoms with Crippen molar-refractivity contribution in [3.8, 4) is 5.75 Å². The van der Waals surface area contributed by atoms with Crippen LogP contribution in [-0.4, -0.2) is 39.9 Å². The Morgan fingerprint density at radius 1 is 1.04 bits per heavy atom. The summed E-state index contributed by atoms with van der Waals surface area (Å²) in [6.07, 6.45) is 1.91. The highest BCUT2D eigenvalue weighted by molar-refractivity contribution is 5.50. The van der Waals surface area contributed by atoms with E-state index in [1.54, 1.807) is 14.2 Å². The van der Waals surface area contributed by atoms with Gasteiger partial charge in [0.2, 0.25) is 0 Å². The van der Waals surface area contributed by atoms with Crippen molar-refractivity contribution in [2.75, 3.05) is 38.8 Å². The summed E-state index contributed by atoms with van der Waals surface area (Å²) >= 11 is 0. The molecule has 0 aromatic heterocycles. The van der Waals surface area contributed by atoms with Gasteiger partial charge in [-0.05, 0) is 42.7 Å². The Morgan fingerprint density at radius 3 is 2.56 bits per heavy atom. The molecule has 5 nitrogen and oxygen atoms in total. The third-order valence-electron chi connectivity index (χ3n) is 5.62. The first-order valence-corrected chi connectivity index (χ1v) is 9.68. The van der Waals surface area contributed by atoms with E-state index in [2.05, 4.69) is 40.5 Å². The van der Waals surface area contributed by atoms with Crippen molar-refractivity contribution < 1.29 is 14.2 Å². The minimum atomic E-state index is -0.242. The summed E-state index contributed by atoms with van der Waals surface area (Å²) < 4.78 is 17.0. The average Bonchev–Trinajstić information content (AvgIpc) is 3.10. The maximum Gasteiger partial charge on any atom is 0.184 e. The van der Waals surface area contributed by atoms with Crippen molar-refractivity contribution in [3.05, 3.63) is 59.7 Å². The maximum atomic E-state index is 6.17. The van der Waals surface area contributed by atoms with Crippen molar-refractivity contribution >= 4 is 5.69 Å². The zero-order valence-corrected chi connectivity index (χ0v) is 16.1. The highest BCUT2D eigenvalue weighted by atomic mass is 16.7. The predicted molar refractivity (Wildman–Crippen MR) is 106 cm³/mol. The van der Waals surface area contributed by atoms with Crippen LogP contribution in [0.5, 0.6) is 5.75 Å². The van der Waals surface area contributed by atoms with E-state index in [4.69, 9.17) is 14.2 Å². The normalized spacial score (nSPS) is 24.7. The van der Waals surface area contributed by atoms with Gasteiger partial charge in [0.05, 0.1) is 13.2 Å². The number of piperazine rings is 1. The van der Waals surface area contributed by atoms with E-state index in [9.17, 15) is 0 Å². The Morgan fingerprint density at radius 2 is 1.81 bits per heavy atom. The molecule has 1 fully saturated rings. The second-order valence-corrected chi connectivity index (χ2v) is 7.15. The second kappa shape index (κ2) is 8.30. The molecular formula is C22H28N2O3. The molecular weight excluding hydrogens is 340 g/mol. The molecule has 0 amide bonds. The van der Waals surface area contributed by atoms with E-state index in [-0.39, 0.29) is 12.4 Å². The minimum absolute atomic E-state index is 0.103. The summed E-state index contributed by atoms with van der Waals surface area (Å²) in [5.41, 5.74) is 3.69. The number of hydrogen-bond donors (Lipinski definition) is 1. The third kappa shape index (κ3) is 3.81. The van der Waals surface area contributed by atoms with Crippen LogP contribution < -0.4 is 15.0 Å². The number of ether oxygens (including phenoxy) is 3. The van der Waals surface area contributed by atoms with E-state index in [0.29, 0.717) is 6.04 Å². The smallest absolute Gasteiger partial charge is 0.184 e. The van der Waals surface area contributed by atoms with Crippen LogP contribution in [0.3, 0.4) is 0 Å². The molecule has 2 aromatic rings. The van der Waals surface area contributed by atoms with Gasteiger partial charge in [0.15, 0.2) is 6.29 Å². The lowest BCUT2D eigenvalue weighted by Gasteiger charge is -2.38. The SMILES string of the molecule is COc1ccc(N2CCNCC2CCC2OC(OC)c3ccccc32)cc1. The summed E-state index contributed by atoms with van der Waals surface area (Å²) in [5, 5.41) is 3.54. The van der Waals surface area contributed by atoms with Gasteiger partial charge in [-0.2, -0.15) is 0 Å². The number of nitrogens with one attached hydrogen (secondary N) is 1. The van der Waals surface area contributed by atoms with E-state index in [0.717, 1.165) is 38.2 Å². The molecule has 0 aliphatic carbocycles. The first kappa shape index (κ1) is 18.3. The number of fused-ring (bicyclic) bond motifs is 1. The molecule has 0 saturated carbocycles. The quantitative estimate of drug-likeness (QED) is 0.843. The number of nitrogens with zero attached hydrogens (tertiary/aromatic N) is 1. The lowest BCUT2D eigenvalue weighted by atomic mass is 9.98. The van der Waals surface area contributed by atoms with Crippen LogP contribution in [0.1, 0.15) is 36.4 Å². The molecule has 4 rings (SSSR count). The summed E-state index contributed by atoms with van der Waals surface area (Å²) in [7, 11) is 3.41. The fourth-order valence-corrected chi connectivity index (χ4v) is 4.20. The molecule has 2 aliphatic rings. The summed E-state index contributed by atoms with van der Waals surface area (Å²) in [6, 6.07) is 17.2. The van der Waals surface area contributed by atoms with Gasteiger partial charge in [0.1, 0.15) is 5.75 Å². The van der Waals surface area contributed by atoms with E-state index in [1.165, 1.54) is 16.8 Å². The fraction of sp³-hybridized carbons (Fsp3) is 0.455. The molecule has 2 heterocycles. The zero-order chi connectivity index (χ0) is 18.6. The monoisotopic (exact) mass is 368 g/mol.